The molecule has 2 atom stereocenters. The number of hydrogen-bond acceptors (Lipinski definition) is 4. The summed E-state index contributed by atoms with van der Waals surface area (Å²) in [5, 5.41) is 9.86. The van der Waals surface area contributed by atoms with Crippen molar-refractivity contribution >= 4 is 26.6 Å². The second-order valence-corrected chi connectivity index (χ2v) is 6.75. The molecule has 0 aliphatic rings. The van der Waals surface area contributed by atoms with E-state index in [2.05, 4.69) is 9.71 Å². The number of aromatic amines is 1. The van der Waals surface area contributed by atoms with E-state index in [0.29, 0.717) is 23.0 Å². The summed E-state index contributed by atoms with van der Waals surface area (Å²) >= 11 is 0. The Labute approximate surface area is 118 Å². The van der Waals surface area contributed by atoms with Crippen molar-refractivity contribution in [3.05, 3.63) is 24.4 Å². The fraction of sp³-hybridized carbons (Fsp3) is 0.385. The Morgan fingerprint density at radius 1 is 1.40 bits per heavy atom. The van der Waals surface area contributed by atoms with Crippen molar-refractivity contribution in [2.45, 2.75) is 37.3 Å². The van der Waals surface area contributed by atoms with Crippen LogP contribution in [0.1, 0.15) is 20.3 Å². The molecule has 0 saturated carbocycles. The van der Waals surface area contributed by atoms with Crippen LogP contribution in [0.25, 0.3) is 10.9 Å². The van der Waals surface area contributed by atoms with Crippen LogP contribution in [0.3, 0.4) is 0 Å². The molecule has 20 heavy (non-hydrogen) atoms. The van der Waals surface area contributed by atoms with Gasteiger partial charge in [0, 0.05) is 28.8 Å². The zero-order valence-electron chi connectivity index (χ0n) is 11.4. The quantitative estimate of drug-likeness (QED) is 0.621. The van der Waals surface area contributed by atoms with Crippen molar-refractivity contribution in [2.24, 2.45) is 0 Å². The first kappa shape index (κ1) is 14.8. The van der Waals surface area contributed by atoms with E-state index >= 15 is 0 Å². The van der Waals surface area contributed by atoms with E-state index in [1.807, 2.05) is 0 Å². The third kappa shape index (κ3) is 3.12. The van der Waals surface area contributed by atoms with Crippen molar-refractivity contribution in [3.8, 4) is 0 Å². The minimum Gasteiger partial charge on any atom is -0.399 e. The number of sulfonamides is 1. The highest BCUT2D eigenvalue weighted by atomic mass is 32.2. The molecule has 0 saturated heterocycles. The van der Waals surface area contributed by atoms with Crippen molar-refractivity contribution in [3.63, 3.8) is 0 Å². The van der Waals surface area contributed by atoms with E-state index in [1.165, 1.54) is 6.20 Å². The van der Waals surface area contributed by atoms with Gasteiger partial charge in [0.2, 0.25) is 10.0 Å². The van der Waals surface area contributed by atoms with Gasteiger partial charge in [-0.25, -0.2) is 13.1 Å². The number of fused-ring (bicyclic) bond motifs is 1. The number of H-pyrrole nitrogens is 1. The lowest BCUT2D eigenvalue weighted by Gasteiger charge is -2.15. The monoisotopic (exact) mass is 297 g/mol. The number of aliphatic hydroxyl groups excluding tert-OH is 1. The predicted molar refractivity (Wildman–Crippen MR) is 78.8 cm³/mol. The van der Waals surface area contributed by atoms with Gasteiger partial charge in [-0.15, -0.1) is 0 Å². The van der Waals surface area contributed by atoms with Crippen molar-refractivity contribution in [1.29, 1.82) is 0 Å². The van der Waals surface area contributed by atoms with E-state index in [0.717, 1.165) is 0 Å². The minimum absolute atomic E-state index is 0.164. The Morgan fingerprint density at radius 2 is 2.10 bits per heavy atom. The first-order chi connectivity index (χ1) is 9.29. The number of hydrogen-bond donors (Lipinski definition) is 4. The molecule has 1 aromatic carbocycles. The van der Waals surface area contributed by atoms with Crippen molar-refractivity contribution < 1.29 is 13.5 Å². The molecule has 1 aromatic heterocycles. The molecule has 110 valence electrons. The Kier molecular flexibility index (Phi) is 4.03. The number of nitrogen functional groups attached to an aromatic ring is 1. The summed E-state index contributed by atoms with van der Waals surface area (Å²) in [6.45, 7) is 3.34. The molecule has 6 nitrogen and oxygen atoms in total. The molecule has 7 heteroatoms. The van der Waals surface area contributed by atoms with Crippen LogP contribution >= 0.6 is 0 Å². The van der Waals surface area contributed by atoms with Crippen LogP contribution in [0.2, 0.25) is 0 Å². The first-order valence-corrected chi connectivity index (χ1v) is 7.85. The van der Waals surface area contributed by atoms with E-state index in [1.54, 1.807) is 32.0 Å². The number of rotatable bonds is 5. The standard InChI is InChI=1S/C13H19N3O3S/c1-8(5-9(2)17)16-20(18,19)13-7-15-12-4-3-10(14)6-11(12)13/h3-4,6-9,15-17H,5,14H2,1-2H3. The Balaban J connectivity index is 2.34. The maximum absolute atomic E-state index is 12.4. The number of nitrogens with one attached hydrogen (secondary N) is 2. The second-order valence-electron chi connectivity index (χ2n) is 5.07. The Morgan fingerprint density at radius 3 is 2.75 bits per heavy atom. The molecule has 0 amide bonds. The molecule has 2 unspecified atom stereocenters. The Bertz CT molecular complexity index is 707. The van der Waals surface area contributed by atoms with Gasteiger partial charge in [-0.05, 0) is 38.5 Å². The largest absolute Gasteiger partial charge is 0.399 e. The molecule has 2 aromatic rings. The summed E-state index contributed by atoms with van der Waals surface area (Å²) in [4.78, 5) is 3.08. The fourth-order valence-electron chi connectivity index (χ4n) is 2.22. The molecule has 1 heterocycles. The highest BCUT2D eigenvalue weighted by Crippen LogP contribution is 2.24. The zero-order valence-corrected chi connectivity index (χ0v) is 12.2. The molecule has 0 aliphatic heterocycles. The third-order valence-electron chi connectivity index (χ3n) is 3.01. The molecule has 5 N–H and O–H groups in total. The fourth-order valence-corrected chi connectivity index (χ4v) is 3.65. The van der Waals surface area contributed by atoms with Gasteiger partial charge in [0.1, 0.15) is 4.90 Å². The molecular formula is C13H19N3O3S. The van der Waals surface area contributed by atoms with Gasteiger partial charge in [-0.3, -0.25) is 0 Å². The summed E-state index contributed by atoms with van der Waals surface area (Å²) in [5.74, 6) is 0. The van der Waals surface area contributed by atoms with Gasteiger partial charge < -0.3 is 15.8 Å². The summed E-state index contributed by atoms with van der Waals surface area (Å²) in [6, 6.07) is 4.72. The second kappa shape index (κ2) is 5.43. The number of nitrogens with two attached hydrogens (primary N) is 1. The minimum atomic E-state index is -3.65. The molecule has 0 bridgehead atoms. The number of aliphatic hydroxyl groups is 1. The first-order valence-electron chi connectivity index (χ1n) is 6.36. The van der Waals surface area contributed by atoms with E-state index < -0.39 is 16.1 Å². The molecule has 0 aliphatic carbocycles. The van der Waals surface area contributed by atoms with E-state index in [-0.39, 0.29) is 10.9 Å². The van der Waals surface area contributed by atoms with Gasteiger partial charge >= 0.3 is 0 Å². The SMILES string of the molecule is CC(O)CC(C)NS(=O)(=O)c1c[nH]c2ccc(N)cc12. The van der Waals surface area contributed by atoms with Crippen molar-refractivity contribution in [1.82, 2.24) is 9.71 Å². The molecule has 0 radical (unpaired) electrons. The highest BCUT2D eigenvalue weighted by Gasteiger charge is 2.21. The van der Waals surface area contributed by atoms with Crippen LogP contribution in [-0.4, -0.2) is 30.7 Å². The van der Waals surface area contributed by atoms with Gasteiger partial charge in [-0.1, -0.05) is 0 Å². The van der Waals surface area contributed by atoms with Crippen LogP contribution in [-0.2, 0) is 10.0 Å². The van der Waals surface area contributed by atoms with Crippen LogP contribution in [0, 0.1) is 0 Å². The maximum Gasteiger partial charge on any atom is 0.242 e. The molecular weight excluding hydrogens is 278 g/mol. The normalized spacial score (nSPS) is 15.3. The highest BCUT2D eigenvalue weighted by molar-refractivity contribution is 7.89. The lowest BCUT2D eigenvalue weighted by molar-refractivity contribution is 0.175. The molecule has 2 rings (SSSR count). The van der Waals surface area contributed by atoms with Crippen LogP contribution in [0.5, 0.6) is 0 Å². The summed E-state index contributed by atoms with van der Waals surface area (Å²) in [6.07, 6.45) is 1.23. The lowest BCUT2D eigenvalue weighted by Crippen LogP contribution is -2.34. The molecule has 0 spiro atoms. The van der Waals surface area contributed by atoms with Gasteiger partial charge in [-0.2, -0.15) is 0 Å². The smallest absolute Gasteiger partial charge is 0.242 e. The summed E-state index contributed by atoms with van der Waals surface area (Å²) in [7, 11) is -3.65. The van der Waals surface area contributed by atoms with Gasteiger partial charge in [0.25, 0.3) is 0 Å². The molecule has 0 fully saturated rings. The number of benzene rings is 1. The summed E-state index contributed by atoms with van der Waals surface area (Å²) < 4.78 is 27.3. The van der Waals surface area contributed by atoms with Crippen LogP contribution < -0.4 is 10.5 Å². The Hall–Kier alpha value is -1.57. The van der Waals surface area contributed by atoms with E-state index in [9.17, 15) is 13.5 Å². The number of aromatic nitrogens is 1. The topological polar surface area (TPSA) is 108 Å². The van der Waals surface area contributed by atoms with Crippen LogP contribution in [0.15, 0.2) is 29.3 Å². The predicted octanol–water partition coefficient (Wildman–Crippen LogP) is 1.19. The number of anilines is 1. The lowest BCUT2D eigenvalue weighted by atomic mass is 10.2. The summed E-state index contributed by atoms with van der Waals surface area (Å²) in [5.41, 5.74) is 6.92. The van der Waals surface area contributed by atoms with Gasteiger partial charge in [0.15, 0.2) is 0 Å². The average Bonchev–Trinajstić information content (AvgIpc) is 2.70. The van der Waals surface area contributed by atoms with Crippen LogP contribution in [0.4, 0.5) is 5.69 Å². The van der Waals surface area contributed by atoms with Crippen molar-refractivity contribution in [2.75, 3.05) is 5.73 Å². The van der Waals surface area contributed by atoms with Gasteiger partial charge in [0.05, 0.1) is 6.10 Å². The van der Waals surface area contributed by atoms with E-state index in [4.69, 9.17) is 5.73 Å². The maximum atomic E-state index is 12.4. The average molecular weight is 297 g/mol. The third-order valence-corrected chi connectivity index (χ3v) is 4.64. The zero-order chi connectivity index (χ0) is 14.9.